The van der Waals surface area contributed by atoms with Crippen LogP contribution >= 0.6 is 11.5 Å². The second kappa shape index (κ2) is 12.0. The third-order valence-electron chi connectivity index (χ3n) is 6.51. The number of nitrogen functional groups attached to an aromatic ring is 1. The smallest absolute Gasteiger partial charge is 0.269 e. The van der Waals surface area contributed by atoms with Gasteiger partial charge in [0, 0.05) is 69.0 Å². The van der Waals surface area contributed by atoms with Gasteiger partial charge in [0.05, 0.1) is 22.9 Å². The van der Waals surface area contributed by atoms with Crippen LogP contribution in [0.25, 0.3) is 11.0 Å². The molecule has 11 nitrogen and oxygen atoms in total. The quantitative estimate of drug-likeness (QED) is 0.235. The van der Waals surface area contributed by atoms with E-state index in [2.05, 4.69) is 51.3 Å². The molecular formula is C27H29N9O2S. The molecule has 1 amide bonds. The van der Waals surface area contributed by atoms with Gasteiger partial charge in [-0.25, -0.2) is 4.98 Å². The van der Waals surface area contributed by atoms with Gasteiger partial charge in [0.1, 0.15) is 5.69 Å². The van der Waals surface area contributed by atoms with Crippen molar-refractivity contribution in [1.82, 2.24) is 34.5 Å². The number of fused-ring (bicyclic) bond motifs is 1. The van der Waals surface area contributed by atoms with E-state index < -0.39 is 0 Å². The Morgan fingerprint density at radius 2 is 2.03 bits per heavy atom. The lowest BCUT2D eigenvalue weighted by molar-refractivity contribution is 0.0949. The molecule has 1 aliphatic rings. The van der Waals surface area contributed by atoms with E-state index in [1.165, 1.54) is 0 Å². The van der Waals surface area contributed by atoms with Crippen molar-refractivity contribution in [3.63, 3.8) is 0 Å². The van der Waals surface area contributed by atoms with Crippen LogP contribution in [0.2, 0.25) is 0 Å². The number of nitrogens with one attached hydrogen (secondary N) is 2. The summed E-state index contributed by atoms with van der Waals surface area (Å²) in [6.07, 6.45) is 4.79. The number of amides is 1. The second-order valence-corrected chi connectivity index (χ2v) is 9.97. The summed E-state index contributed by atoms with van der Waals surface area (Å²) in [5, 5.41) is 3.21. The van der Waals surface area contributed by atoms with Crippen LogP contribution in [0.15, 0.2) is 41.5 Å². The largest absolute Gasteiger partial charge is 0.374 e. The van der Waals surface area contributed by atoms with Crippen molar-refractivity contribution in [2.45, 2.75) is 26.3 Å². The molecule has 1 aliphatic heterocycles. The SMILES string of the molecule is CCc1cc2ncc(CN3CCN(c4ccc(C(=O)NCCC#Cc5nsc(N)n5)nc4)CC3)cc2[nH]c1=O. The summed E-state index contributed by atoms with van der Waals surface area (Å²) < 4.78 is 4.00. The molecule has 5 rings (SSSR count). The zero-order valence-corrected chi connectivity index (χ0v) is 22.4. The average molecular weight is 544 g/mol. The zero-order valence-electron chi connectivity index (χ0n) is 21.6. The maximum atomic E-state index is 12.4. The van der Waals surface area contributed by atoms with Crippen molar-refractivity contribution in [3.05, 3.63) is 69.7 Å². The first kappa shape index (κ1) is 26.3. The van der Waals surface area contributed by atoms with Gasteiger partial charge in [-0.3, -0.25) is 19.5 Å². The number of carbonyl (C=O) groups excluding carboxylic acids is 1. The number of nitrogens with two attached hydrogens (primary N) is 1. The van der Waals surface area contributed by atoms with Crippen molar-refractivity contribution < 1.29 is 4.79 Å². The van der Waals surface area contributed by atoms with Crippen LogP contribution in [-0.4, -0.2) is 67.8 Å². The fourth-order valence-electron chi connectivity index (χ4n) is 4.40. The molecule has 12 heteroatoms. The van der Waals surface area contributed by atoms with Gasteiger partial charge in [-0.1, -0.05) is 12.8 Å². The van der Waals surface area contributed by atoms with Crippen molar-refractivity contribution in [2.24, 2.45) is 0 Å². The number of aryl methyl sites for hydroxylation is 1. The molecule has 4 N–H and O–H groups in total. The molecule has 0 aliphatic carbocycles. The number of anilines is 2. The van der Waals surface area contributed by atoms with E-state index in [-0.39, 0.29) is 11.5 Å². The topological polar surface area (TPSA) is 146 Å². The van der Waals surface area contributed by atoms with Gasteiger partial charge >= 0.3 is 0 Å². The van der Waals surface area contributed by atoms with Gasteiger partial charge in [-0.05, 0) is 42.2 Å². The molecule has 1 saturated heterocycles. The summed E-state index contributed by atoms with van der Waals surface area (Å²) in [6.45, 7) is 6.60. The molecular weight excluding hydrogens is 514 g/mol. The summed E-state index contributed by atoms with van der Waals surface area (Å²) in [6, 6.07) is 7.57. The maximum Gasteiger partial charge on any atom is 0.269 e. The number of hydrogen-bond donors (Lipinski definition) is 3. The predicted molar refractivity (Wildman–Crippen MR) is 152 cm³/mol. The van der Waals surface area contributed by atoms with Crippen molar-refractivity contribution in [1.29, 1.82) is 0 Å². The normalized spacial score (nSPS) is 13.7. The van der Waals surface area contributed by atoms with Crippen LogP contribution in [0.4, 0.5) is 10.8 Å². The van der Waals surface area contributed by atoms with Crippen molar-refractivity contribution >= 4 is 39.3 Å². The van der Waals surface area contributed by atoms with E-state index in [1.54, 1.807) is 12.3 Å². The van der Waals surface area contributed by atoms with Crippen molar-refractivity contribution in [2.75, 3.05) is 43.4 Å². The Balaban J connectivity index is 1.09. The van der Waals surface area contributed by atoms with Gasteiger partial charge in [0.25, 0.3) is 11.5 Å². The Hall–Kier alpha value is -4.34. The number of piperazine rings is 1. The third-order valence-corrected chi connectivity index (χ3v) is 7.05. The van der Waals surface area contributed by atoms with Crippen LogP contribution in [0, 0.1) is 11.8 Å². The van der Waals surface area contributed by atoms with E-state index in [9.17, 15) is 9.59 Å². The first-order valence-electron chi connectivity index (χ1n) is 12.8. The predicted octanol–water partition coefficient (Wildman–Crippen LogP) is 1.81. The molecule has 0 saturated carbocycles. The van der Waals surface area contributed by atoms with Crippen molar-refractivity contribution in [3.8, 4) is 11.8 Å². The molecule has 4 aromatic heterocycles. The number of hydrogen-bond acceptors (Lipinski definition) is 10. The Kier molecular flexibility index (Phi) is 8.10. The highest BCUT2D eigenvalue weighted by Crippen LogP contribution is 2.18. The lowest BCUT2D eigenvalue weighted by Crippen LogP contribution is -2.46. The van der Waals surface area contributed by atoms with E-state index in [4.69, 9.17) is 5.73 Å². The molecule has 0 radical (unpaired) electrons. The average Bonchev–Trinajstić information content (AvgIpc) is 3.37. The molecule has 5 heterocycles. The molecule has 4 aromatic rings. The van der Waals surface area contributed by atoms with Crippen LogP contribution in [0.3, 0.4) is 0 Å². The standard InChI is InChI=1S/C27H29N9O2S/c1-2-19-14-22-23(32-25(19)37)13-18(15-30-22)17-35-9-11-36(12-10-35)20-6-7-21(31-16-20)26(38)29-8-4-3-5-24-33-27(28)39-34-24/h6-7,13-16H,2,4,8-12,17H2,1H3,(H,29,38)(H,32,37)(H2,28,33,34). The van der Waals surface area contributed by atoms with Crippen LogP contribution in [0.5, 0.6) is 0 Å². The summed E-state index contributed by atoms with van der Waals surface area (Å²) in [5.41, 5.74) is 10.2. The third kappa shape index (κ3) is 6.57. The summed E-state index contributed by atoms with van der Waals surface area (Å²) >= 11 is 1.10. The Morgan fingerprint density at radius 3 is 2.74 bits per heavy atom. The molecule has 1 fully saturated rings. The highest BCUT2D eigenvalue weighted by atomic mass is 32.1. The summed E-state index contributed by atoms with van der Waals surface area (Å²) in [5.74, 6) is 5.90. The molecule has 39 heavy (non-hydrogen) atoms. The van der Waals surface area contributed by atoms with Gasteiger partial charge in [0.2, 0.25) is 11.0 Å². The number of pyridine rings is 3. The highest BCUT2D eigenvalue weighted by molar-refractivity contribution is 7.09. The first-order chi connectivity index (χ1) is 19.0. The van der Waals surface area contributed by atoms with Gasteiger partial charge in [-0.15, -0.1) is 0 Å². The zero-order chi connectivity index (χ0) is 27.2. The number of H-pyrrole nitrogens is 1. The molecule has 0 spiro atoms. The molecule has 0 unspecified atom stereocenters. The van der Waals surface area contributed by atoms with Crippen LogP contribution in [0.1, 0.15) is 40.8 Å². The van der Waals surface area contributed by atoms with Crippen LogP contribution < -0.4 is 21.5 Å². The second-order valence-electron chi connectivity index (χ2n) is 9.18. The van der Waals surface area contributed by atoms with Gasteiger partial charge < -0.3 is 20.9 Å². The summed E-state index contributed by atoms with van der Waals surface area (Å²) in [7, 11) is 0. The number of carbonyl (C=O) groups is 1. The van der Waals surface area contributed by atoms with E-state index in [0.29, 0.717) is 36.0 Å². The Morgan fingerprint density at radius 1 is 1.18 bits per heavy atom. The van der Waals surface area contributed by atoms with Gasteiger partial charge in [-0.2, -0.15) is 9.36 Å². The number of aromatic nitrogens is 5. The fraction of sp³-hybridized carbons (Fsp3) is 0.333. The van der Waals surface area contributed by atoms with E-state index in [1.807, 2.05) is 31.3 Å². The monoisotopic (exact) mass is 543 g/mol. The Labute approximate surface area is 229 Å². The highest BCUT2D eigenvalue weighted by Gasteiger charge is 2.18. The molecule has 0 atom stereocenters. The molecule has 200 valence electrons. The minimum Gasteiger partial charge on any atom is -0.374 e. The lowest BCUT2D eigenvalue weighted by atomic mass is 10.1. The summed E-state index contributed by atoms with van der Waals surface area (Å²) in [4.78, 5) is 45.1. The van der Waals surface area contributed by atoms with Crippen LogP contribution in [-0.2, 0) is 13.0 Å². The van der Waals surface area contributed by atoms with E-state index >= 15 is 0 Å². The number of aromatic amines is 1. The maximum absolute atomic E-state index is 12.4. The minimum absolute atomic E-state index is 0.0457. The fourth-order valence-corrected chi connectivity index (χ4v) is 4.80. The first-order valence-corrected chi connectivity index (χ1v) is 13.6. The Bertz CT molecular complexity index is 1580. The number of rotatable bonds is 7. The lowest BCUT2D eigenvalue weighted by Gasteiger charge is -2.36. The molecule has 0 aromatic carbocycles. The van der Waals surface area contributed by atoms with E-state index in [0.717, 1.165) is 72.1 Å². The number of nitrogens with zero attached hydrogens (tertiary/aromatic N) is 6. The molecule has 0 bridgehead atoms. The minimum atomic E-state index is -0.236. The van der Waals surface area contributed by atoms with Gasteiger partial charge in [0.15, 0.2) is 0 Å².